The van der Waals surface area contributed by atoms with E-state index >= 15 is 0 Å². The number of amides is 2. The molecular weight excluding hydrogens is 182 g/mol. The molecule has 1 aliphatic heterocycles. The molecule has 1 heterocycles. The van der Waals surface area contributed by atoms with E-state index in [1.54, 1.807) is 6.29 Å². The molecule has 0 atom stereocenters. The summed E-state index contributed by atoms with van der Waals surface area (Å²) in [4.78, 5) is 33.2. The molecule has 4 heteroatoms. The predicted molar refractivity (Wildman–Crippen MR) is 50.0 cm³/mol. The van der Waals surface area contributed by atoms with Gasteiger partial charge in [0.15, 0.2) is 6.29 Å². The van der Waals surface area contributed by atoms with Crippen LogP contribution in [0.4, 0.5) is 0 Å². The van der Waals surface area contributed by atoms with E-state index in [1.165, 1.54) is 17.1 Å². The summed E-state index contributed by atoms with van der Waals surface area (Å²) in [6.45, 7) is 0.448. The zero-order valence-corrected chi connectivity index (χ0v) is 7.86. The number of carbonyl (C=O) groups excluding carboxylic acids is 3. The van der Waals surface area contributed by atoms with Crippen molar-refractivity contribution in [2.24, 2.45) is 0 Å². The number of imide groups is 1. The van der Waals surface area contributed by atoms with Gasteiger partial charge in [-0.15, -0.1) is 0 Å². The first-order valence-corrected chi connectivity index (χ1v) is 4.64. The Labute approximate surface area is 82.6 Å². The first kappa shape index (κ1) is 10.6. The summed E-state index contributed by atoms with van der Waals surface area (Å²) < 4.78 is 0. The minimum atomic E-state index is -0.239. The van der Waals surface area contributed by atoms with Gasteiger partial charge in [0.1, 0.15) is 0 Å². The smallest absolute Gasteiger partial charge is 0.253 e. The lowest BCUT2D eigenvalue weighted by molar-refractivity contribution is -0.136. The van der Waals surface area contributed by atoms with Gasteiger partial charge in [-0.1, -0.05) is 6.42 Å². The normalized spacial score (nSPS) is 15.3. The molecule has 0 aromatic heterocycles. The zero-order chi connectivity index (χ0) is 10.4. The molecule has 1 rings (SSSR count). The van der Waals surface area contributed by atoms with Gasteiger partial charge in [-0.2, -0.15) is 0 Å². The minimum Gasteiger partial charge on any atom is -0.291 e. The van der Waals surface area contributed by atoms with Crippen molar-refractivity contribution in [2.75, 3.05) is 6.54 Å². The predicted octanol–water partition coefficient (Wildman–Crippen LogP) is 0.581. The molecule has 0 unspecified atom stereocenters. The Bertz CT molecular complexity index is 253. The average molecular weight is 194 g/mol. The van der Waals surface area contributed by atoms with E-state index in [2.05, 4.69) is 0 Å². The van der Waals surface area contributed by atoms with E-state index in [1.807, 2.05) is 0 Å². The maximum absolute atomic E-state index is 11.1. The molecule has 14 heavy (non-hydrogen) atoms. The Kier molecular flexibility index (Phi) is 4.04. The molecule has 1 radical (unpaired) electrons. The van der Waals surface area contributed by atoms with Gasteiger partial charge in [0.2, 0.25) is 0 Å². The lowest BCUT2D eigenvalue weighted by atomic mass is 10.2. The third-order valence-corrected chi connectivity index (χ3v) is 2.06. The number of hydrogen-bond donors (Lipinski definition) is 0. The average Bonchev–Trinajstić information content (AvgIpc) is 2.48. The van der Waals surface area contributed by atoms with Crippen LogP contribution in [-0.4, -0.2) is 29.5 Å². The van der Waals surface area contributed by atoms with Gasteiger partial charge in [-0.3, -0.25) is 19.3 Å². The molecule has 2 amide bonds. The Morgan fingerprint density at radius 3 is 2.29 bits per heavy atom. The SMILES string of the molecule is O=[C]CCCCCN1C(=O)C=CC1=O. The Morgan fingerprint density at radius 1 is 1.07 bits per heavy atom. The van der Waals surface area contributed by atoms with E-state index in [0.717, 1.165) is 19.3 Å². The van der Waals surface area contributed by atoms with Gasteiger partial charge in [0.05, 0.1) is 0 Å². The Balaban J connectivity index is 2.15. The fourth-order valence-corrected chi connectivity index (χ4v) is 1.30. The van der Waals surface area contributed by atoms with Crippen LogP contribution in [0.25, 0.3) is 0 Å². The molecule has 0 aliphatic carbocycles. The largest absolute Gasteiger partial charge is 0.291 e. The molecule has 4 nitrogen and oxygen atoms in total. The van der Waals surface area contributed by atoms with Crippen LogP contribution in [0.3, 0.4) is 0 Å². The second-order valence-corrected chi connectivity index (χ2v) is 3.12. The number of rotatable bonds is 6. The van der Waals surface area contributed by atoms with Gasteiger partial charge < -0.3 is 0 Å². The zero-order valence-electron chi connectivity index (χ0n) is 7.86. The maximum Gasteiger partial charge on any atom is 0.253 e. The fraction of sp³-hybridized carbons (Fsp3) is 0.500. The lowest BCUT2D eigenvalue weighted by Gasteiger charge is -2.12. The van der Waals surface area contributed by atoms with E-state index in [9.17, 15) is 14.4 Å². The summed E-state index contributed by atoms with van der Waals surface area (Å²) in [5.74, 6) is -0.478. The fourth-order valence-electron chi connectivity index (χ4n) is 1.30. The van der Waals surface area contributed by atoms with Crippen LogP contribution in [0.1, 0.15) is 25.7 Å². The molecule has 0 bridgehead atoms. The lowest BCUT2D eigenvalue weighted by Crippen LogP contribution is -2.30. The first-order chi connectivity index (χ1) is 6.75. The monoisotopic (exact) mass is 194 g/mol. The van der Waals surface area contributed by atoms with E-state index < -0.39 is 0 Å². The van der Waals surface area contributed by atoms with Crippen LogP contribution < -0.4 is 0 Å². The van der Waals surface area contributed by atoms with Crippen molar-refractivity contribution in [1.29, 1.82) is 0 Å². The molecule has 0 aromatic rings. The van der Waals surface area contributed by atoms with Gasteiger partial charge in [-0.25, -0.2) is 0 Å². The highest BCUT2D eigenvalue weighted by molar-refractivity contribution is 6.12. The molecule has 0 saturated carbocycles. The third-order valence-electron chi connectivity index (χ3n) is 2.06. The van der Waals surface area contributed by atoms with Crippen molar-refractivity contribution < 1.29 is 14.4 Å². The number of nitrogens with zero attached hydrogens (tertiary/aromatic N) is 1. The second-order valence-electron chi connectivity index (χ2n) is 3.12. The molecule has 75 valence electrons. The van der Waals surface area contributed by atoms with Crippen molar-refractivity contribution in [3.8, 4) is 0 Å². The summed E-state index contributed by atoms with van der Waals surface area (Å²) in [6.07, 6.45) is 7.15. The Hall–Kier alpha value is -1.45. The number of unbranched alkanes of at least 4 members (excludes halogenated alkanes) is 3. The van der Waals surface area contributed by atoms with Crippen LogP contribution in [0.15, 0.2) is 12.2 Å². The van der Waals surface area contributed by atoms with Crippen molar-refractivity contribution in [1.82, 2.24) is 4.90 Å². The highest BCUT2D eigenvalue weighted by Crippen LogP contribution is 2.06. The highest BCUT2D eigenvalue weighted by atomic mass is 16.2. The van der Waals surface area contributed by atoms with E-state index in [0.29, 0.717) is 13.0 Å². The molecule has 0 spiro atoms. The number of hydrogen-bond acceptors (Lipinski definition) is 3. The molecule has 0 aromatic carbocycles. The third kappa shape index (κ3) is 2.80. The summed E-state index contributed by atoms with van der Waals surface area (Å²) in [5, 5.41) is 0. The van der Waals surface area contributed by atoms with E-state index in [-0.39, 0.29) is 11.8 Å². The van der Waals surface area contributed by atoms with Crippen molar-refractivity contribution in [2.45, 2.75) is 25.7 Å². The van der Waals surface area contributed by atoms with Crippen LogP contribution in [-0.2, 0) is 14.4 Å². The van der Waals surface area contributed by atoms with Gasteiger partial charge in [0.25, 0.3) is 11.8 Å². The topological polar surface area (TPSA) is 54.5 Å². The quantitative estimate of drug-likeness (QED) is 0.459. The summed E-state index contributed by atoms with van der Waals surface area (Å²) >= 11 is 0. The van der Waals surface area contributed by atoms with Gasteiger partial charge >= 0.3 is 0 Å². The molecule has 1 aliphatic rings. The van der Waals surface area contributed by atoms with E-state index in [4.69, 9.17) is 0 Å². The first-order valence-electron chi connectivity index (χ1n) is 4.64. The summed E-state index contributed by atoms with van der Waals surface area (Å²) in [5.41, 5.74) is 0. The van der Waals surface area contributed by atoms with Gasteiger partial charge in [0, 0.05) is 25.1 Å². The van der Waals surface area contributed by atoms with Crippen molar-refractivity contribution in [3.63, 3.8) is 0 Å². The summed E-state index contributed by atoms with van der Waals surface area (Å²) in [6, 6.07) is 0. The highest BCUT2D eigenvalue weighted by Gasteiger charge is 2.21. The maximum atomic E-state index is 11.1. The molecule has 0 fully saturated rings. The standard InChI is InChI=1S/C10H12NO3/c12-8-4-2-1-3-7-11-9(13)5-6-10(11)14/h5-6H,1-4,7H2. The Morgan fingerprint density at radius 2 is 1.71 bits per heavy atom. The van der Waals surface area contributed by atoms with Crippen LogP contribution in [0, 0.1) is 0 Å². The molecule has 0 N–H and O–H groups in total. The number of carbonyl (C=O) groups is 2. The van der Waals surface area contributed by atoms with Crippen molar-refractivity contribution >= 4 is 18.1 Å². The minimum absolute atomic E-state index is 0.239. The molecular formula is C10H12NO3. The van der Waals surface area contributed by atoms with Crippen molar-refractivity contribution in [3.05, 3.63) is 12.2 Å². The van der Waals surface area contributed by atoms with Crippen LogP contribution in [0.2, 0.25) is 0 Å². The second kappa shape index (κ2) is 5.32. The van der Waals surface area contributed by atoms with Crippen LogP contribution in [0.5, 0.6) is 0 Å². The van der Waals surface area contributed by atoms with Crippen LogP contribution >= 0.6 is 0 Å². The van der Waals surface area contributed by atoms with Gasteiger partial charge in [-0.05, 0) is 12.8 Å². The summed E-state index contributed by atoms with van der Waals surface area (Å²) in [7, 11) is 0. The molecule has 0 saturated heterocycles.